The molecule has 0 fully saturated rings. The third-order valence-corrected chi connectivity index (χ3v) is 4.76. The van der Waals surface area contributed by atoms with Crippen LogP contribution in [0, 0.1) is 0 Å². The van der Waals surface area contributed by atoms with Gasteiger partial charge in [0.05, 0.1) is 22.2 Å². The summed E-state index contributed by atoms with van der Waals surface area (Å²) < 4.78 is 28.2. The van der Waals surface area contributed by atoms with E-state index in [0.29, 0.717) is 29.4 Å². The maximum absolute atomic E-state index is 11.7. The van der Waals surface area contributed by atoms with Gasteiger partial charge in [-0.3, -0.25) is 4.79 Å². The van der Waals surface area contributed by atoms with Crippen LogP contribution in [0.15, 0.2) is 18.2 Å². The number of methoxy groups -OCH3 is 1. The van der Waals surface area contributed by atoms with E-state index in [4.69, 9.17) is 22.1 Å². The number of anilines is 2. The van der Waals surface area contributed by atoms with Crippen molar-refractivity contribution in [3.05, 3.63) is 23.2 Å². The normalized spacial score (nSPS) is 11.3. The number of nitrogens with one attached hydrogen (secondary N) is 1. The standard InChI is InChI=1S/C13H19ClN2O4S/c1-20-6-2-7-21(18,19)8-5-13(17)16-12-4-3-10(15)9-11(12)14/h3-4,9H,2,5-8,15H2,1H3,(H,16,17). The molecule has 1 aromatic rings. The number of benzene rings is 1. The van der Waals surface area contributed by atoms with E-state index in [2.05, 4.69) is 5.32 Å². The number of rotatable bonds is 8. The summed E-state index contributed by atoms with van der Waals surface area (Å²) in [7, 11) is -1.74. The van der Waals surface area contributed by atoms with Gasteiger partial charge in [0.2, 0.25) is 5.91 Å². The van der Waals surface area contributed by atoms with Gasteiger partial charge in [0.15, 0.2) is 9.84 Å². The Hall–Kier alpha value is -1.31. The van der Waals surface area contributed by atoms with Crippen LogP contribution in [-0.2, 0) is 19.4 Å². The highest BCUT2D eigenvalue weighted by Gasteiger charge is 2.14. The summed E-state index contributed by atoms with van der Waals surface area (Å²) in [6.45, 7) is 0.381. The van der Waals surface area contributed by atoms with E-state index in [1.165, 1.54) is 13.2 Å². The van der Waals surface area contributed by atoms with Crippen molar-refractivity contribution in [3.63, 3.8) is 0 Å². The molecule has 0 saturated heterocycles. The molecular weight excluding hydrogens is 316 g/mol. The molecular formula is C13H19ClN2O4S. The molecule has 8 heteroatoms. The number of sulfone groups is 1. The fourth-order valence-corrected chi connectivity index (χ4v) is 3.11. The predicted octanol–water partition coefficient (Wildman–Crippen LogP) is 1.70. The third-order valence-electron chi connectivity index (χ3n) is 2.71. The van der Waals surface area contributed by atoms with Crippen molar-refractivity contribution in [2.24, 2.45) is 0 Å². The molecule has 0 radical (unpaired) electrons. The van der Waals surface area contributed by atoms with Crippen LogP contribution in [0.2, 0.25) is 5.02 Å². The Balaban J connectivity index is 2.47. The number of ether oxygens (including phenoxy) is 1. The van der Waals surface area contributed by atoms with E-state index in [1.807, 2.05) is 0 Å². The number of carbonyl (C=O) groups is 1. The van der Waals surface area contributed by atoms with Crippen molar-refractivity contribution < 1.29 is 17.9 Å². The molecule has 0 bridgehead atoms. The van der Waals surface area contributed by atoms with Gasteiger partial charge < -0.3 is 15.8 Å². The van der Waals surface area contributed by atoms with Gasteiger partial charge in [-0.2, -0.15) is 0 Å². The van der Waals surface area contributed by atoms with Crippen LogP contribution in [0.25, 0.3) is 0 Å². The smallest absolute Gasteiger partial charge is 0.225 e. The number of hydrogen-bond acceptors (Lipinski definition) is 5. The molecule has 0 unspecified atom stereocenters. The Labute approximate surface area is 129 Å². The summed E-state index contributed by atoms with van der Waals surface area (Å²) in [5, 5.41) is 2.87. The summed E-state index contributed by atoms with van der Waals surface area (Å²) in [6.07, 6.45) is 0.306. The molecule has 1 rings (SSSR count). The molecule has 118 valence electrons. The largest absolute Gasteiger partial charge is 0.399 e. The molecule has 0 spiro atoms. The molecule has 0 aromatic heterocycles. The van der Waals surface area contributed by atoms with Crippen LogP contribution in [0.5, 0.6) is 0 Å². The van der Waals surface area contributed by atoms with Gasteiger partial charge in [-0.25, -0.2) is 8.42 Å². The first kappa shape index (κ1) is 17.7. The highest BCUT2D eigenvalue weighted by atomic mass is 35.5. The van der Waals surface area contributed by atoms with Crippen molar-refractivity contribution >= 4 is 38.7 Å². The summed E-state index contributed by atoms with van der Waals surface area (Å²) in [4.78, 5) is 11.7. The van der Waals surface area contributed by atoms with E-state index < -0.39 is 15.7 Å². The maximum atomic E-state index is 11.7. The second-order valence-corrected chi connectivity index (χ2v) is 7.25. The van der Waals surface area contributed by atoms with Gasteiger partial charge in [0.1, 0.15) is 0 Å². The second kappa shape index (κ2) is 8.21. The van der Waals surface area contributed by atoms with Gasteiger partial charge in [-0.15, -0.1) is 0 Å². The van der Waals surface area contributed by atoms with Crippen molar-refractivity contribution in [1.29, 1.82) is 0 Å². The van der Waals surface area contributed by atoms with Crippen LogP contribution < -0.4 is 11.1 Å². The fourth-order valence-electron chi connectivity index (χ4n) is 1.62. The number of halogens is 1. The van der Waals surface area contributed by atoms with E-state index >= 15 is 0 Å². The topological polar surface area (TPSA) is 98.5 Å². The third kappa shape index (κ3) is 6.79. The monoisotopic (exact) mass is 334 g/mol. The predicted molar refractivity (Wildman–Crippen MR) is 84.3 cm³/mol. The zero-order valence-corrected chi connectivity index (χ0v) is 13.3. The van der Waals surface area contributed by atoms with Crippen molar-refractivity contribution in [1.82, 2.24) is 0 Å². The number of amides is 1. The number of carbonyl (C=O) groups excluding carboxylic acids is 1. The minimum atomic E-state index is -3.25. The molecule has 0 aliphatic rings. The first-order valence-corrected chi connectivity index (χ1v) is 8.58. The summed E-state index contributed by atoms with van der Waals surface area (Å²) in [5.74, 6) is -0.594. The fraction of sp³-hybridized carbons (Fsp3) is 0.462. The summed E-state index contributed by atoms with van der Waals surface area (Å²) in [5.41, 5.74) is 6.44. The van der Waals surface area contributed by atoms with Crippen molar-refractivity contribution in [2.45, 2.75) is 12.8 Å². The SMILES string of the molecule is COCCCS(=O)(=O)CCC(=O)Nc1ccc(N)cc1Cl. The number of nitrogen functional groups attached to an aromatic ring is 1. The first-order chi connectivity index (χ1) is 9.84. The van der Waals surface area contributed by atoms with Crippen molar-refractivity contribution in [3.8, 4) is 0 Å². The van der Waals surface area contributed by atoms with Crippen LogP contribution in [-0.4, -0.2) is 39.5 Å². The second-order valence-electron chi connectivity index (χ2n) is 4.54. The lowest BCUT2D eigenvalue weighted by Gasteiger charge is -2.08. The molecule has 6 nitrogen and oxygen atoms in total. The van der Waals surface area contributed by atoms with Crippen molar-refractivity contribution in [2.75, 3.05) is 36.3 Å². The van der Waals surface area contributed by atoms with E-state index in [-0.39, 0.29) is 17.9 Å². The van der Waals surface area contributed by atoms with Gasteiger partial charge >= 0.3 is 0 Å². The molecule has 0 atom stereocenters. The van der Waals surface area contributed by atoms with Gasteiger partial charge in [0, 0.05) is 25.8 Å². The van der Waals surface area contributed by atoms with Crippen LogP contribution in [0.4, 0.5) is 11.4 Å². The minimum absolute atomic E-state index is 0.0107. The number of nitrogens with two attached hydrogens (primary N) is 1. The average Bonchev–Trinajstić information content (AvgIpc) is 2.40. The summed E-state index contributed by atoms with van der Waals surface area (Å²) in [6, 6.07) is 4.68. The zero-order chi connectivity index (χ0) is 15.9. The van der Waals surface area contributed by atoms with E-state index in [9.17, 15) is 13.2 Å². The first-order valence-electron chi connectivity index (χ1n) is 6.38. The quantitative estimate of drug-likeness (QED) is 0.557. The highest BCUT2D eigenvalue weighted by molar-refractivity contribution is 7.91. The minimum Gasteiger partial charge on any atom is -0.399 e. The maximum Gasteiger partial charge on any atom is 0.225 e. The molecule has 3 N–H and O–H groups in total. The molecule has 0 aliphatic heterocycles. The lowest BCUT2D eigenvalue weighted by molar-refractivity contribution is -0.115. The zero-order valence-electron chi connectivity index (χ0n) is 11.8. The van der Waals surface area contributed by atoms with Crippen LogP contribution in [0.3, 0.4) is 0 Å². The van der Waals surface area contributed by atoms with Gasteiger partial charge in [0.25, 0.3) is 0 Å². The molecule has 0 heterocycles. The Bertz CT molecular complexity index is 590. The lowest BCUT2D eigenvalue weighted by atomic mass is 10.3. The lowest BCUT2D eigenvalue weighted by Crippen LogP contribution is -2.19. The Morgan fingerprint density at radius 3 is 2.71 bits per heavy atom. The average molecular weight is 335 g/mol. The Morgan fingerprint density at radius 2 is 2.10 bits per heavy atom. The van der Waals surface area contributed by atoms with E-state index in [1.54, 1.807) is 12.1 Å². The van der Waals surface area contributed by atoms with Gasteiger partial charge in [-0.1, -0.05) is 11.6 Å². The molecule has 21 heavy (non-hydrogen) atoms. The molecule has 0 aliphatic carbocycles. The number of hydrogen-bond donors (Lipinski definition) is 2. The van der Waals surface area contributed by atoms with Crippen LogP contribution in [0.1, 0.15) is 12.8 Å². The molecule has 0 saturated carbocycles. The van der Waals surface area contributed by atoms with Gasteiger partial charge in [-0.05, 0) is 24.6 Å². The Kier molecular flexibility index (Phi) is 6.94. The molecule has 1 amide bonds. The summed E-state index contributed by atoms with van der Waals surface area (Å²) >= 11 is 5.92. The van der Waals surface area contributed by atoms with Crippen LogP contribution >= 0.6 is 11.6 Å². The van der Waals surface area contributed by atoms with E-state index in [0.717, 1.165) is 0 Å². The molecule has 1 aromatic carbocycles. The highest BCUT2D eigenvalue weighted by Crippen LogP contribution is 2.24. The Morgan fingerprint density at radius 1 is 1.38 bits per heavy atom.